The van der Waals surface area contributed by atoms with Crippen LogP contribution in [0.15, 0.2) is 65.6 Å². The molecule has 236 valence electrons. The van der Waals surface area contributed by atoms with Gasteiger partial charge in [0.15, 0.2) is 9.84 Å². The molecule has 0 spiro atoms. The number of likely N-dealkylation sites (tertiary alicyclic amines) is 1. The van der Waals surface area contributed by atoms with Crippen molar-refractivity contribution in [2.45, 2.75) is 59.5 Å². The molecule has 5 nitrogen and oxygen atoms in total. The van der Waals surface area contributed by atoms with Gasteiger partial charge in [-0.15, -0.1) is 0 Å². The lowest BCUT2D eigenvalue weighted by molar-refractivity contribution is -0.348. The summed E-state index contributed by atoms with van der Waals surface area (Å²) in [6.45, 7) is 0.251. The van der Waals surface area contributed by atoms with Gasteiger partial charge in [-0.1, -0.05) is 35.9 Å². The van der Waals surface area contributed by atoms with Crippen LogP contribution >= 0.6 is 34.2 Å². The van der Waals surface area contributed by atoms with Crippen molar-refractivity contribution in [1.82, 2.24) is 4.90 Å². The van der Waals surface area contributed by atoms with Gasteiger partial charge in [-0.25, -0.2) is 17.6 Å². The summed E-state index contributed by atoms with van der Waals surface area (Å²) >= 11 is 8.33. The first-order valence-electron chi connectivity index (χ1n) is 13.1. The molecule has 1 saturated heterocycles. The Bertz CT molecular complexity index is 1720. The highest BCUT2D eigenvalue weighted by Gasteiger charge is 2.73. The summed E-state index contributed by atoms with van der Waals surface area (Å²) < 4.78 is 124. The number of aromatic carboxylic acids is 1. The summed E-state index contributed by atoms with van der Waals surface area (Å²) in [5.74, 6) is -1.20. The highest BCUT2D eigenvalue weighted by molar-refractivity contribution is 14.1. The summed E-state index contributed by atoms with van der Waals surface area (Å²) in [6.07, 6.45) is -12.8. The van der Waals surface area contributed by atoms with Crippen molar-refractivity contribution in [2.75, 3.05) is 6.54 Å². The Morgan fingerprint density at radius 2 is 1.61 bits per heavy atom. The number of rotatable bonds is 6. The number of carboxylic acids is 1. The third kappa shape index (κ3) is 5.09. The van der Waals surface area contributed by atoms with Crippen LogP contribution in [0.1, 0.15) is 45.5 Å². The molecular weight excluding hydrogens is 754 g/mol. The van der Waals surface area contributed by atoms with Crippen molar-refractivity contribution in [3.63, 3.8) is 0 Å². The number of hydrogen-bond donors (Lipinski definition) is 1. The lowest BCUT2D eigenvalue weighted by Gasteiger charge is -2.43. The number of carboxylic acid groups (broad SMARTS) is 1. The average molecular weight is 776 g/mol. The van der Waals surface area contributed by atoms with E-state index in [-0.39, 0.29) is 59.0 Å². The van der Waals surface area contributed by atoms with Gasteiger partial charge in [0.05, 0.1) is 10.5 Å². The van der Waals surface area contributed by atoms with E-state index < -0.39 is 50.2 Å². The molecule has 44 heavy (non-hydrogen) atoms. The van der Waals surface area contributed by atoms with Gasteiger partial charge < -0.3 is 5.11 Å². The van der Waals surface area contributed by atoms with Gasteiger partial charge in [0.25, 0.3) is 0 Å². The second-order valence-corrected chi connectivity index (χ2v) is 14.6. The van der Waals surface area contributed by atoms with Crippen molar-refractivity contribution in [3.05, 3.63) is 97.1 Å². The highest BCUT2D eigenvalue weighted by atomic mass is 127. The van der Waals surface area contributed by atoms with Gasteiger partial charge in [0.1, 0.15) is 4.75 Å². The van der Waals surface area contributed by atoms with Crippen LogP contribution in [0.25, 0.3) is 0 Å². The molecule has 0 bridgehead atoms. The van der Waals surface area contributed by atoms with Gasteiger partial charge in [0.2, 0.25) is 0 Å². The van der Waals surface area contributed by atoms with Gasteiger partial charge >= 0.3 is 24.0 Å². The third-order valence-corrected chi connectivity index (χ3v) is 12.1. The number of aryl methyl sites for hydroxylation is 1. The van der Waals surface area contributed by atoms with E-state index in [9.17, 15) is 44.7 Å². The van der Waals surface area contributed by atoms with Crippen molar-refractivity contribution in [3.8, 4) is 0 Å². The van der Waals surface area contributed by atoms with Crippen LogP contribution < -0.4 is 0 Å². The lowest BCUT2D eigenvalue weighted by atomic mass is 9.76. The van der Waals surface area contributed by atoms with Gasteiger partial charge in [-0.2, -0.15) is 26.3 Å². The molecule has 1 N–H and O–H groups in total. The Kier molecular flexibility index (Phi) is 8.33. The smallest absolute Gasteiger partial charge is 0.435 e. The maximum absolute atomic E-state index is 15.0. The van der Waals surface area contributed by atoms with Gasteiger partial charge in [-0.3, -0.25) is 4.90 Å². The predicted octanol–water partition coefficient (Wildman–Crippen LogP) is 7.82. The number of sulfone groups is 1. The molecule has 3 aromatic rings. The van der Waals surface area contributed by atoms with Crippen molar-refractivity contribution < 1.29 is 49.1 Å². The Balaban J connectivity index is 1.66. The molecule has 0 unspecified atom stereocenters. The van der Waals surface area contributed by atoms with Gasteiger partial charge in [-0.05, 0) is 94.9 Å². The van der Waals surface area contributed by atoms with Crippen LogP contribution in [0, 0.1) is 3.57 Å². The standard InChI is InChI=1S/C29H22ClF7INO4S/c30-23-14-17(25(40)41)1-2-18(23)15-39-12-11-26(44(42,43)21-7-5-20(38)6-8-21)22-9-4-19(13-16(22)3-10-24(26)39)27(31,28(32,33)34)29(35,36)37/h1-2,4-9,13-14,24H,3,10-12,15H2,(H,40,41)/t24-,26-/m1/s1. The largest absolute Gasteiger partial charge is 0.478 e. The third-order valence-electron chi connectivity index (χ3n) is 8.45. The number of fused-ring (bicyclic) bond motifs is 3. The minimum atomic E-state index is -6.32. The van der Waals surface area contributed by atoms with E-state index in [4.69, 9.17) is 11.6 Å². The summed E-state index contributed by atoms with van der Waals surface area (Å²) in [5.41, 5.74) is -6.99. The zero-order chi connectivity index (χ0) is 32.5. The Morgan fingerprint density at radius 3 is 2.18 bits per heavy atom. The fraction of sp³-hybridized carbons (Fsp3) is 0.345. The molecule has 5 rings (SSSR count). The van der Waals surface area contributed by atoms with E-state index >= 15 is 4.39 Å². The first-order chi connectivity index (χ1) is 20.3. The summed E-state index contributed by atoms with van der Waals surface area (Å²) in [4.78, 5) is 13.1. The molecule has 1 heterocycles. The van der Waals surface area contributed by atoms with Crippen LogP contribution in [0.2, 0.25) is 5.02 Å². The molecule has 0 radical (unpaired) electrons. The molecule has 0 amide bonds. The molecule has 1 aliphatic heterocycles. The zero-order valence-corrected chi connectivity index (χ0v) is 26.0. The number of nitrogens with zero attached hydrogens (tertiary/aromatic N) is 1. The summed E-state index contributed by atoms with van der Waals surface area (Å²) in [5, 5.41) is 9.38. The fourth-order valence-corrected chi connectivity index (χ4v) is 9.35. The lowest BCUT2D eigenvalue weighted by Crippen LogP contribution is -2.52. The van der Waals surface area contributed by atoms with Crippen LogP contribution in [-0.2, 0) is 33.2 Å². The zero-order valence-electron chi connectivity index (χ0n) is 22.3. The van der Waals surface area contributed by atoms with Crippen molar-refractivity contribution in [1.29, 1.82) is 0 Å². The minimum absolute atomic E-state index is 0.0116. The molecule has 3 aromatic carbocycles. The van der Waals surface area contributed by atoms with E-state index in [1.165, 1.54) is 30.3 Å². The topological polar surface area (TPSA) is 74.7 Å². The molecule has 2 aliphatic rings. The molecule has 0 aromatic heterocycles. The molecule has 0 saturated carbocycles. The second kappa shape index (κ2) is 11.1. The van der Waals surface area contributed by atoms with E-state index in [2.05, 4.69) is 0 Å². The molecule has 2 atom stereocenters. The van der Waals surface area contributed by atoms with Crippen molar-refractivity contribution >= 4 is 50.0 Å². The van der Waals surface area contributed by atoms with Crippen LogP contribution in [-0.4, -0.2) is 49.3 Å². The van der Waals surface area contributed by atoms with E-state index in [0.29, 0.717) is 17.7 Å². The van der Waals surface area contributed by atoms with E-state index in [1.807, 2.05) is 27.5 Å². The van der Waals surface area contributed by atoms with Crippen LogP contribution in [0.3, 0.4) is 0 Å². The molecule has 15 heteroatoms. The number of benzene rings is 3. The summed E-state index contributed by atoms with van der Waals surface area (Å²) in [7, 11) is -4.34. The van der Waals surface area contributed by atoms with Crippen LogP contribution in [0.5, 0.6) is 0 Å². The number of alkyl halides is 7. The maximum atomic E-state index is 15.0. The number of hydrogen-bond acceptors (Lipinski definition) is 4. The van der Waals surface area contributed by atoms with Crippen molar-refractivity contribution in [2.24, 2.45) is 0 Å². The first-order valence-corrected chi connectivity index (χ1v) is 16.0. The van der Waals surface area contributed by atoms with Crippen LogP contribution in [0.4, 0.5) is 30.7 Å². The quantitative estimate of drug-likeness (QED) is 0.204. The average Bonchev–Trinajstić information content (AvgIpc) is 3.32. The molecule has 1 aliphatic carbocycles. The minimum Gasteiger partial charge on any atom is -0.478 e. The number of halogens is 9. The normalized spacial score (nSPS) is 21.2. The molecular formula is C29H22ClF7INO4S. The maximum Gasteiger partial charge on any atom is 0.435 e. The monoisotopic (exact) mass is 775 g/mol. The Labute approximate surface area is 266 Å². The SMILES string of the molecule is O=C(O)c1ccc(CN2CC[C@@]3(S(=O)(=O)c4ccc(I)cc4)c4ccc(C(F)(C(F)(F)F)C(F)(F)F)cc4CC[C@@H]23)c(Cl)c1. The van der Waals surface area contributed by atoms with E-state index in [0.717, 1.165) is 9.64 Å². The van der Waals surface area contributed by atoms with Gasteiger partial charge in [0, 0.05) is 33.3 Å². The number of carbonyl (C=O) groups is 1. The second-order valence-electron chi connectivity index (χ2n) is 10.8. The fourth-order valence-electron chi connectivity index (χ4n) is 6.36. The predicted molar refractivity (Wildman–Crippen MR) is 155 cm³/mol. The summed E-state index contributed by atoms with van der Waals surface area (Å²) in [6, 6.07) is 10.9. The Morgan fingerprint density at radius 1 is 0.977 bits per heavy atom. The van der Waals surface area contributed by atoms with E-state index in [1.54, 1.807) is 12.1 Å². The highest BCUT2D eigenvalue weighted by Crippen LogP contribution is 2.57. The first kappa shape index (κ1) is 32.9. The molecule has 1 fully saturated rings. The Hall–Kier alpha value is -2.43.